The minimum Gasteiger partial charge on any atom is -0.368 e. The number of hydrogen-bond acceptors (Lipinski definition) is 5. The first-order valence-corrected chi connectivity index (χ1v) is 9.39. The first kappa shape index (κ1) is 17.3. The molecule has 2 aromatic heterocycles. The van der Waals surface area contributed by atoms with E-state index in [2.05, 4.69) is 20.0 Å². The SMILES string of the molecule is FC(F)(F)c1cccc(N2CCN(c3c4c(nc5ncnn35)CCC4)CC2)c1. The van der Waals surface area contributed by atoms with Gasteiger partial charge in [-0.25, -0.2) is 4.98 Å². The molecule has 3 heterocycles. The van der Waals surface area contributed by atoms with E-state index in [9.17, 15) is 13.2 Å². The summed E-state index contributed by atoms with van der Waals surface area (Å²) in [6, 6.07) is 5.56. The van der Waals surface area contributed by atoms with Gasteiger partial charge in [0.05, 0.1) is 11.3 Å². The summed E-state index contributed by atoms with van der Waals surface area (Å²) in [5.74, 6) is 1.65. The van der Waals surface area contributed by atoms with E-state index in [0.717, 1.165) is 36.8 Å². The van der Waals surface area contributed by atoms with Crippen LogP contribution in [0.3, 0.4) is 0 Å². The van der Waals surface area contributed by atoms with Gasteiger partial charge in [-0.2, -0.15) is 27.8 Å². The molecule has 9 heteroatoms. The van der Waals surface area contributed by atoms with Gasteiger partial charge in [-0.05, 0) is 37.5 Å². The Morgan fingerprint density at radius 3 is 2.54 bits per heavy atom. The van der Waals surface area contributed by atoms with E-state index >= 15 is 0 Å². The van der Waals surface area contributed by atoms with E-state index in [1.807, 2.05) is 4.90 Å². The average Bonchev–Trinajstić information content (AvgIpc) is 3.34. The molecule has 0 radical (unpaired) electrons. The fourth-order valence-electron chi connectivity index (χ4n) is 4.18. The number of nitrogens with zero attached hydrogens (tertiary/aromatic N) is 6. The predicted molar refractivity (Wildman–Crippen MR) is 98.7 cm³/mol. The Morgan fingerprint density at radius 2 is 1.75 bits per heavy atom. The summed E-state index contributed by atoms with van der Waals surface area (Å²) >= 11 is 0. The summed E-state index contributed by atoms with van der Waals surface area (Å²) in [5, 5.41) is 4.35. The molecule has 1 aromatic carbocycles. The highest BCUT2D eigenvalue weighted by Crippen LogP contribution is 2.33. The molecule has 0 N–H and O–H groups in total. The van der Waals surface area contributed by atoms with Crippen molar-refractivity contribution in [2.45, 2.75) is 25.4 Å². The normalized spacial score (nSPS) is 17.4. The number of aromatic nitrogens is 4. The third-order valence-corrected chi connectivity index (χ3v) is 5.54. The fourth-order valence-corrected chi connectivity index (χ4v) is 4.18. The van der Waals surface area contributed by atoms with Crippen molar-refractivity contribution in [1.29, 1.82) is 0 Å². The van der Waals surface area contributed by atoms with E-state index in [-0.39, 0.29) is 0 Å². The molecule has 2 aliphatic rings. The van der Waals surface area contributed by atoms with Crippen LogP contribution in [-0.4, -0.2) is 45.8 Å². The summed E-state index contributed by atoms with van der Waals surface area (Å²) in [5.41, 5.74) is 2.32. The lowest BCUT2D eigenvalue weighted by atomic mass is 10.1. The first-order valence-electron chi connectivity index (χ1n) is 9.39. The van der Waals surface area contributed by atoms with Crippen molar-refractivity contribution in [3.63, 3.8) is 0 Å². The van der Waals surface area contributed by atoms with Gasteiger partial charge in [-0.1, -0.05) is 6.07 Å². The maximum Gasteiger partial charge on any atom is 0.416 e. The smallest absolute Gasteiger partial charge is 0.368 e. The van der Waals surface area contributed by atoms with Crippen molar-refractivity contribution in [1.82, 2.24) is 19.6 Å². The van der Waals surface area contributed by atoms with Crippen LogP contribution in [0.15, 0.2) is 30.6 Å². The van der Waals surface area contributed by atoms with E-state index < -0.39 is 11.7 Å². The molecule has 0 bridgehead atoms. The molecule has 0 amide bonds. The summed E-state index contributed by atoms with van der Waals surface area (Å²) in [6.45, 7) is 2.71. The van der Waals surface area contributed by atoms with Crippen LogP contribution in [0.4, 0.5) is 24.7 Å². The van der Waals surface area contributed by atoms with Crippen molar-refractivity contribution in [3.8, 4) is 0 Å². The average molecular weight is 388 g/mol. The minimum absolute atomic E-state index is 0.607. The minimum atomic E-state index is -4.33. The van der Waals surface area contributed by atoms with E-state index in [1.165, 1.54) is 24.0 Å². The molecule has 1 aliphatic carbocycles. The number of fused-ring (bicyclic) bond motifs is 2. The molecule has 1 saturated heterocycles. The Hall–Kier alpha value is -2.84. The van der Waals surface area contributed by atoms with Crippen molar-refractivity contribution in [2.75, 3.05) is 36.0 Å². The van der Waals surface area contributed by atoms with Gasteiger partial charge in [0.25, 0.3) is 5.78 Å². The van der Waals surface area contributed by atoms with Gasteiger partial charge in [-0.3, -0.25) is 0 Å². The van der Waals surface area contributed by atoms with Gasteiger partial charge in [0.1, 0.15) is 12.1 Å². The zero-order valence-electron chi connectivity index (χ0n) is 15.2. The second kappa shape index (κ2) is 6.35. The molecule has 28 heavy (non-hydrogen) atoms. The van der Waals surface area contributed by atoms with Crippen LogP contribution in [0.5, 0.6) is 0 Å². The molecule has 0 atom stereocenters. The van der Waals surface area contributed by atoms with Gasteiger partial charge >= 0.3 is 6.18 Å². The molecule has 1 fully saturated rings. The van der Waals surface area contributed by atoms with Crippen LogP contribution in [0.25, 0.3) is 5.78 Å². The van der Waals surface area contributed by atoms with Crippen molar-refractivity contribution in [3.05, 3.63) is 47.4 Å². The van der Waals surface area contributed by atoms with Gasteiger partial charge in [0.2, 0.25) is 0 Å². The fraction of sp³-hybridized carbons (Fsp3) is 0.421. The van der Waals surface area contributed by atoms with E-state index in [1.54, 1.807) is 10.6 Å². The van der Waals surface area contributed by atoms with Crippen LogP contribution >= 0.6 is 0 Å². The molecule has 6 nitrogen and oxygen atoms in total. The van der Waals surface area contributed by atoms with Crippen LogP contribution in [0.1, 0.15) is 23.2 Å². The standard InChI is InChI=1S/C19H19F3N6/c20-19(21,22)13-3-1-4-14(11-13)26-7-9-27(10-8-26)17-15-5-2-6-16(15)25-18-23-12-24-28(17)18/h1,3-4,11-12H,2,5-10H2. The van der Waals surface area contributed by atoms with E-state index in [4.69, 9.17) is 0 Å². The summed E-state index contributed by atoms with van der Waals surface area (Å²) in [6.07, 6.45) is 0.192. The maximum absolute atomic E-state index is 13.0. The molecule has 5 rings (SSSR count). The highest BCUT2D eigenvalue weighted by molar-refractivity contribution is 5.58. The second-order valence-electron chi connectivity index (χ2n) is 7.21. The van der Waals surface area contributed by atoms with Crippen molar-refractivity contribution >= 4 is 17.3 Å². The Labute approximate surface area is 159 Å². The van der Waals surface area contributed by atoms with Gasteiger partial charge < -0.3 is 9.80 Å². The Bertz CT molecular complexity index is 1020. The molecule has 0 spiro atoms. The highest BCUT2D eigenvalue weighted by Gasteiger charge is 2.32. The number of rotatable bonds is 2. The zero-order chi connectivity index (χ0) is 19.3. The number of aryl methyl sites for hydroxylation is 1. The lowest BCUT2D eigenvalue weighted by molar-refractivity contribution is -0.137. The number of anilines is 2. The van der Waals surface area contributed by atoms with Gasteiger partial charge in [-0.15, -0.1) is 0 Å². The summed E-state index contributed by atoms with van der Waals surface area (Å²) in [4.78, 5) is 13.1. The largest absolute Gasteiger partial charge is 0.416 e. The summed E-state index contributed by atoms with van der Waals surface area (Å²) < 4.78 is 40.8. The van der Waals surface area contributed by atoms with E-state index in [0.29, 0.717) is 37.6 Å². The molecular formula is C19H19F3N6. The molecule has 1 aliphatic heterocycles. The predicted octanol–water partition coefficient (Wildman–Crippen LogP) is 2.96. The van der Waals surface area contributed by atoms with Crippen LogP contribution < -0.4 is 9.80 Å². The molecular weight excluding hydrogens is 369 g/mol. The molecule has 146 valence electrons. The lowest BCUT2D eigenvalue weighted by Crippen LogP contribution is -2.47. The van der Waals surface area contributed by atoms with Crippen molar-refractivity contribution in [2.24, 2.45) is 0 Å². The zero-order valence-corrected chi connectivity index (χ0v) is 15.2. The number of hydrogen-bond donors (Lipinski definition) is 0. The number of halogens is 3. The quantitative estimate of drug-likeness (QED) is 0.676. The Balaban J connectivity index is 1.40. The second-order valence-corrected chi connectivity index (χ2v) is 7.21. The Morgan fingerprint density at radius 1 is 0.964 bits per heavy atom. The topological polar surface area (TPSA) is 49.6 Å². The number of piperazine rings is 1. The summed E-state index contributed by atoms with van der Waals surface area (Å²) in [7, 11) is 0. The lowest BCUT2D eigenvalue weighted by Gasteiger charge is -2.38. The monoisotopic (exact) mass is 388 g/mol. The maximum atomic E-state index is 13.0. The number of benzene rings is 1. The molecule has 3 aromatic rings. The van der Waals surface area contributed by atoms with Crippen LogP contribution in [0, 0.1) is 0 Å². The number of alkyl halides is 3. The van der Waals surface area contributed by atoms with Gasteiger partial charge in [0, 0.05) is 37.4 Å². The Kier molecular flexibility index (Phi) is 3.92. The third kappa shape index (κ3) is 2.85. The van der Waals surface area contributed by atoms with Gasteiger partial charge in [0.15, 0.2) is 0 Å². The van der Waals surface area contributed by atoms with Crippen molar-refractivity contribution < 1.29 is 13.2 Å². The van der Waals surface area contributed by atoms with Crippen LogP contribution in [0.2, 0.25) is 0 Å². The highest BCUT2D eigenvalue weighted by atomic mass is 19.4. The molecule has 0 saturated carbocycles. The first-order chi connectivity index (χ1) is 13.5. The molecule has 0 unspecified atom stereocenters. The van der Waals surface area contributed by atoms with Crippen LogP contribution in [-0.2, 0) is 19.0 Å². The third-order valence-electron chi connectivity index (χ3n) is 5.54.